The van der Waals surface area contributed by atoms with Crippen molar-refractivity contribution in [2.75, 3.05) is 0 Å². The average molecular weight is 678 g/mol. The van der Waals surface area contributed by atoms with Crippen molar-refractivity contribution >= 4 is 21.8 Å². The number of nitrogens with zero attached hydrogens (tertiary/aromatic N) is 1. The first-order valence-electron chi connectivity index (χ1n) is 18.6. The summed E-state index contributed by atoms with van der Waals surface area (Å²) in [7, 11) is 0. The number of hydrogen-bond donors (Lipinski definition) is 0. The quantitative estimate of drug-likeness (QED) is 0.182. The van der Waals surface area contributed by atoms with Gasteiger partial charge in [0.25, 0.3) is 0 Å². The van der Waals surface area contributed by atoms with Gasteiger partial charge in [0.2, 0.25) is 0 Å². The van der Waals surface area contributed by atoms with Crippen molar-refractivity contribution in [2.45, 2.75) is 18.8 Å². The molecule has 0 bridgehead atoms. The summed E-state index contributed by atoms with van der Waals surface area (Å²) in [6.45, 7) is 0. The molecule has 1 aliphatic carbocycles. The molecule has 0 N–H and O–H groups in total. The number of rotatable bonds is 3. The minimum Gasteiger partial charge on any atom is -0.456 e. The molecule has 2 nitrogen and oxygen atoms in total. The minimum absolute atomic E-state index is 0.237. The van der Waals surface area contributed by atoms with Crippen molar-refractivity contribution in [3.05, 3.63) is 199 Å². The van der Waals surface area contributed by atoms with Crippen molar-refractivity contribution < 1.29 is 4.74 Å². The lowest BCUT2D eigenvalue weighted by atomic mass is 9.83. The van der Waals surface area contributed by atoms with Crippen molar-refractivity contribution in [2.24, 2.45) is 0 Å². The average Bonchev–Trinajstić information content (AvgIpc) is 3.36. The van der Waals surface area contributed by atoms with Gasteiger partial charge in [-0.25, -0.2) is 0 Å². The van der Waals surface area contributed by atoms with Crippen LogP contribution in [0.4, 0.5) is 0 Å². The smallest absolute Gasteiger partial charge is 0.135 e. The molecule has 250 valence electrons. The molecule has 1 unspecified atom stereocenters. The maximum Gasteiger partial charge on any atom is 0.135 e. The Labute approximate surface area is 309 Å². The molecule has 11 rings (SSSR count). The summed E-state index contributed by atoms with van der Waals surface area (Å²) in [4.78, 5) is 0. The second kappa shape index (κ2) is 12.0. The molecule has 1 atom stereocenters. The first-order valence-corrected chi connectivity index (χ1v) is 18.6. The predicted octanol–water partition coefficient (Wildman–Crippen LogP) is 13.6. The first kappa shape index (κ1) is 30.0. The van der Waals surface area contributed by atoms with Crippen LogP contribution in [0, 0.1) is 0 Å². The molecule has 0 fully saturated rings. The summed E-state index contributed by atoms with van der Waals surface area (Å²) in [5.41, 5.74) is 17.6. The number of para-hydroxylation sites is 3. The Kier molecular flexibility index (Phi) is 6.78. The SMILES string of the molecule is c1ccc(-n2c3ccccc3c3cc(-c4ccc5c(c4)-c4ccccc4CCC5c4ccc5c(c4)-c4ccccc4-c4ccccc4O5)ccc32)cc1. The lowest BCUT2D eigenvalue weighted by Crippen LogP contribution is -2.03. The van der Waals surface area contributed by atoms with E-state index < -0.39 is 0 Å². The van der Waals surface area contributed by atoms with Crippen LogP contribution in [0.1, 0.15) is 29.0 Å². The molecule has 2 heterocycles. The van der Waals surface area contributed by atoms with E-state index in [0.717, 1.165) is 35.5 Å². The van der Waals surface area contributed by atoms with E-state index in [1.54, 1.807) is 0 Å². The molecule has 1 aliphatic heterocycles. The fourth-order valence-electron chi connectivity index (χ4n) is 9.00. The largest absolute Gasteiger partial charge is 0.456 e. The van der Waals surface area contributed by atoms with Gasteiger partial charge in [-0.15, -0.1) is 0 Å². The van der Waals surface area contributed by atoms with E-state index in [0.29, 0.717) is 0 Å². The van der Waals surface area contributed by atoms with Crippen LogP contribution in [0.3, 0.4) is 0 Å². The summed E-state index contributed by atoms with van der Waals surface area (Å²) in [6, 6.07) is 66.6. The number of benzene rings is 8. The molecule has 9 aromatic rings. The highest BCUT2D eigenvalue weighted by Gasteiger charge is 2.27. The topological polar surface area (TPSA) is 14.2 Å². The Balaban J connectivity index is 1.06. The lowest BCUT2D eigenvalue weighted by molar-refractivity contribution is 0.487. The van der Waals surface area contributed by atoms with Crippen molar-refractivity contribution in [3.63, 3.8) is 0 Å². The van der Waals surface area contributed by atoms with Crippen LogP contribution < -0.4 is 4.74 Å². The van der Waals surface area contributed by atoms with Crippen molar-refractivity contribution in [3.8, 4) is 61.7 Å². The summed E-state index contributed by atoms with van der Waals surface area (Å²) < 4.78 is 9.00. The van der Waals surface area contributed by atoms with E-state index in [9.17, 15) is 0 Å². The highest BCUT2D eigenvalue weighted by molar-refractivity contribution is 6.10. The van der Waals surface area contributed by atoms with Crippen molar-refractivity contribution in [1.82, 2.24) is 4.57 Å². The fourth-order valence-corrected chi connectivity index (χ4v) is 9.00. The highest BCUT2D eigenvalue weighted by atomic mass is 16.5. The van der Waals surface area contributed by atoms with Gasteiger partial charge in [-0.05, 0) is 118 Å². The molecular weight excluding hydrogens is 643 g/mol. The van der Waals surface area contributed by atoms with Gasteiger partial charge >= 0.3 is 0 Å². The Morgan fingerprint density at radius 3 is 1.98 bits per heavy atom. The molecular formula is C51H35NO. The van der Waals surface area contributed by atoms with E-state index in [2.05, 4.69) is 187 Å². The number of fused-ring (bicyclic) bond motifs is 11. The third-order valence-electron chi connectivity index (χ3n) is 11.5. The molecule has 8 aromatic carbocycles. The van der Waals surface area contributed by atoms with Crippen LogP contribution in [0.15, 0.2) is 182 Å². The Bertz CT molecular complexity index is 2880. The molecule has 0 saturated carbocycles. The van der Waals surface area contributed by atoms with Crippen LogP contribution in [0.2, 0.25) is 0 Å². The van der Waals surface area contributed by atoms with Crippen LogP contribution in [0.5, 0.6) is 11.5 Å². The van der Waals surface area contributed by atoms with Gasteiger partial charge in [-0.3, -0.25) is 0 Å². The maximum absolute atomic E-state index is 6.62. The summed E-state index contributed by atoms with van der Waals surface area (Å²) >= 11 is 0. The van der Waals surface area contributed by atoms with Gasteiger partial charge < -0.3 is 9.30 Å². The number of ether oxygens (including phenoxy) is 1. The Morgan fingerprint density at radius 2 is 1.09 bits per heavy atom. The van der Waals surface area contributed by atoms with Gasteiger partial charge in [0, 0.05) is 33.5 Å². The number of hydrogen-bond acceptors (Lipinski definition) is 1. The molecule has 53 heavy (non-hydrogen) atoms. The third-order valence-corrected chi connectivity index (χ3v) is 11.5. The first-order chi connectivity index (χ1) is 26.3. The maximum atomic E-state index is 6.62. The van der Waals surface area contributed by atoms with Gasteiger partial charge in [0.15, 0.2) is 0 Å². The van der Waals surface area contributed by atoms with E-state index >= 15 is 0 Å². The zero-order chi connectivity index (χ0) is 34.9. The zero-order valence-corrected chi connectivity index (χ0v) is 29.2. The molecule has 0 amide bonds. The highest BCUT2D eigenvalue weighted by Crippen LogP contribution is 2.49. The molecule has 0 spiro atoms. The van der Waals surface area contributed by atoms with Gasteiger partial charge in [0.1, 0.15) is 11.5 Å². The molecule has 2 aliphatic rings. The zero-order valence-electron chi connectivity index (χ0n) is 29.2. The van der Waals surface area contributed by atoms with E-state index in [1.807, 2.05) is 0 Å². The standard InChI is InChI=1S/C51H35NO/c1-2-13-37(14-3-1)52-48-20-10-8-18-43(48)46-31-35(24-28-49(46)52)34-23-27-42-39(26-22-33-12-4-5-15-38(33)45(42)30-34)36-25-29-51-47(32-36)41-17-7-6-16-40(41)44-19-9-11-21-50(44)53-51/h1-21,23-25,27-32,39H,22,26H2. The minimum atomic E-state index is 0.237. The summed E-state index contributed by atoms with van der Waals surface area (Å²) in [5, 5.41) is 2.54. The van der Waals surface area contributed by atoms with Crippen LogP contribution in [-0.4, -0.2) is 4.57 Å². The van der Waals surface area contributed by atoms with Crippen molar-refractivity contribution in [1.29, 1.82) is 0 Å². The Hall–Kier alpha value is -6.64. The van der Waals surface area contributed by atoms with Gasteiger partial charge in [-0.1, -0.05) is 127 Å². The monoisotopic (exact) mass is 677 g/mol. The second-order valence-corrected chi connectivity index (χ2v) is 14.4. The summed E-state index contributed by atoms with van der Waals surface area (Å²) in [6.07, 6.45) is 2.06. The van der Waals surface area contributed by atoms with Crippen LogP contribution >= 0.6 is 0 Å². The van der Waals surface area contributed by atoms with E-state index in [4.69, 9.17) is 4.74 Å². The molecule has 2 heteroatoms. The number of aryl methyl sites for hydroxylation is 1. The summed E-state index contributed by atoms with van der Waals surface area (Å²) in [5.74, 6) is 2.04. The predicted molar refractivity (Wildman–Crippen MR) is 219 cm³/mol. The Morgan fingerprint density at radius 1 is 0.434 bits per heavy atom. The molecule has 1 aromatic heterocycles. The number of aromatic nitrogens is 1. The molecule has 0 saturated heterocycles. The van der Waals surface area contributed by atoms with E-state index in [-0.39, 0.29) is 5.92 Å². The van der Waals surface area contributed by atoms with Gasteiger partial charge in [0.05, 0.1) is 11.0 Å². The second-order valence-electron chi connectivity index (χ2n) is 14.4. The fraction of sp³-hybridized carbons (Fsp3) is 0.0588. The molecule has 0 radical (unpaired) electrons. The van der Waals surface area contributed by atoms with Crippen LogP contribution in [-0.2, 0) is 6.42 Å². The van der Waals surface area contributed by atoms with E-state index in [1.165, 1.54) is 77.6 Å². The normalized spacial score (nSPS) is 14.2. The van der Waals surface area contributed by atoms with Crippen LogP contribution in [0.25, 0.3) is 72.0 Å². The van der Waals surface area contributed by atoms with Gasteiger partial charge in [-0.2, -0.15) is 0 Å². The third kappa shape index (κ3) is 4.80. The lowest BCUT2D eigenvalue weighted by Gasteiger charge is -2.21.